The van der Waals surface area contributed by atoms with E-state index in [0.717, 1.165) is 16.1 Å². The van der Waals surface area contributed by atoms with Gasteiger partial charge < -0.3 is 15.8 Å². The average molecular weight is 376 g/mol. The van der Waals surface area contributed by atoms with E-state index in [9.17, 15) is 9.59 Å². The summed E-state index contributed by atoms with van der Waals surface area (Å²) in [5, 5.41) is 7.41. The number of thiophene rings is 1. The number of aryl methyl sites for hydroxylation is 1. The van der Waals surface area contributed by atoms with E-state index in [0.29, 0.717) is 22.5 Å². The van der Waals surface area contributed by atoms with Gasteiger partial charge in [0, 0.05) is 24.0 Å². The molecule has 0 aromatic carbocycles. The van der Waals surface area contributed by atoms with Crippen molar-refractivity contribution in [2.75, 3.05) is 5.32 Å². The SMILES string of the molecule is Cc1c(C(=O)Nc2sc3c(c2C(N)=O)CC(C)(C)OC3(C)C)cnn1C. The minimum Gasteiger partial charge on any atom is -0.365 e. The van der Waals surface area contributed by atoms with E-state index in [2.05, 4.69) is 10.4 Å². The van der Waals surface area contributed by atoms with Gasteiger partial charge >= 0.3 is 0 Å². The highest BCUT2D eigenvalue weighted by Gasteiger charge is 2.42. The van der Waals surface area contributed by atoms with Gasteiger partial charge in [0.05, 0.1) is 28.5 Å². The smallest absolute Gasteiger partial charge is 0.259 e. The summed E-state index contributed by atoms with van der Waals surface area (Å²) in [6.45, 7) is 9.71. The van der Waals surface area contributed by atoms with Crippen LogP contribution in [0.5, 0.6) is 0 Å². The number of hydrogen-bond acceptors (Lipinski definition) is 5. The van der Waals surface area contributed by atoms with Crippen LogP contribution in [0.4, 0.5) is 5.00 Å². The summed E-state index contributed by atoms with van der Waals surface area (Å²) in [5.74, 6) is -0.858. The van der Waals surface area contributed by atoms with Gasteiger partial charge in [-0.15, -0.1) is 11.3 Å². The molecule has 3 N–H and O–H groups in total. The fraction of sp³-hybridized carbons (Fsp3) is 0.500. The molecule has 26 heavy (non-hydrogen) atoms. The molecule has 2 aromatic heterocycles. The normalized spacial score (nSPS) is 17.6. The molecule has 140 valence electrons. The van der Waals surface area contributed by atoms with Crippen LogP contribution in [0.3, 0.4) is 0 Å². The third-order valence-electron chi connectivity index (χ3n) is 4.64. The Bertz CT molecular complexity index is 908. The maximum atomic E-state index is 12.7. The van der Waals surface area contributed by atoms with Crippen molar-refractivity contribution >= 4 is 28.2 Å². The quantitative estimate of drug-likeness (QED) is 0.860. The molecule has 0 saturated carbocycles. The van der Waals surface area contributed by atoms with Gasteiger partial charge in [-0.2, -0.15) is 5.10 Å². The van der Waals surface area contributed by atoms with E-state index in [1.54, 1.807) is 11.7 Å². The first kappa shape index (κ1) is 18.6. The van der Waals surface area contributed by atoms with Crippen LogP contribution in [0.1, 0.15) is 64.5 Å². The van der Waals surface area contributed by atoms with Crippen LogP contribution in [0.15, 0.2) is 6.20 Å². The van der Waals surface area contributed by atoms with E-state index in [-0.39, 0.29) is 5.91 Å². The van der Waals surface area contributed by atoms with Crippen LogP contribution in [0.25, 0.3) is 0 Å². The lowest BCUT2D eigenvalue weighted by molar-refractivity contribution is -0.135. The zero-order valence-corrected chi connectivity index (χ0v) is 16.7. The molecular formula is C18H24N4O3S. The number of carbonyl (C=O) groups is 2. The standard InChI is InChI=1S/C18H24N4O3S/c1-9-11(8-20-22(9)6)15(24)21-16-12(14(19)23)10-7-17(2,3)25-18(4,5)13(10)26-16/h8H,7H2,1-6H3,(H2,19,23)(H,21,24). The minimum absolute atomic E-state index is 0.310. The van der Waals surface area contributed by atoms with Crippen molar-refractivity contribution in [1.82, 2.24) is 9.78 Å². The highest BCUT2D eigenvalue weighted by molar-refractivity contribution is 7.17. The molecule has 0 atom stereocenters. The van der Waals surface area contributed by atoms with E-state index >= 15 is 0 Å². The van der Waals surface area contributed by atoms with Crippen LogP contribution < -0.4 is 11.1 Å². The molecule has 8 heteroatoms. The lowest BCUT2D eigenvalue weighted by atomic mass is 9.86. The second-order valence-electron chi connectivity index (χ2n) is 7.75. The Morgan fingerprint density at radius 1 is 1.35 bits per heavy atom. The lowest BCUT2D eigenvalue weighted by Gasteiger charge is -2.41. The second-order valence-corrected chi connectivity index (χ2v) is 8.77. The molecule has 0 aliphatic carbocycles. The van der Waals surface area contributed by atoms with Crippen LogP contribution in [-0.4, -0.2) is 27.2 Å². The molecular weight excluding hydrogens is 352 g/mol. The lowest BCUT2D eigenvalue weighted by Crippen LogP contribution is -2.42. The average Bonchev–Trinajstić information content (AvgIpc) is 2.99. The Hall–Kier alpha value is -2.19. The molecule has 2 amide bonds. The van der Waals surface area contributed by atoms with Crippen LogP contribution in [0.2, 0.25) is 0 Å². The summed E-state index contributed by atoms with van der Waals surface area (Å²) in [5.41, 5.74) is 7.12. The number of rotatable bonds is 3. The molecule has 0 fully saturated rings. The maximum absolute atomic E-state index is 12.7. The van der Waals surface area contributed by atoms with E-state index in [1.165, 1.54) is 17.5 Å². The molecule has 2 aromatic rings. The van der Waals surface area contributed by atoms with Crippen LogP contribution >= 0.6 is 11.3 Å². The second kappa shape index (κ2) is 5.92. The third kappa shape index (κ3) is 3.03. The number of aromatic nitrogens is 2. The van der Waals surface area contributed by atoms with Crippen molar-refractivity contribution in [2.24, 2.45) is 12.8 Å². The number of amides is 2. The molecule has 3 rings (SSSR count). The van der Waals surface area contributed by atoms with Gasteiger partial charge in [-0.25, -0.2) is 0 Å². The first-order valence-electron chi connectivity index (χ1n) is 8.39. The van der Waals surface area contributed by atoms with Crippen molar-refractivity contribution in [1.29, 1.82) is 0 Å². The Balaban J connectivity index is 2.06. The summed E-state index contributed by atoms with van der Waals surface area (Å²) in [6.07, 6.45) is 2.07. The topological polar surface area (TPSA) is 99.2 Å². The fourth-order valence-electron chi connectivity index (χ4n) is 3.56. The number of nitrogens with zero attached hydrogens (tertiary/aromatic N) is 2. The Morgan fingerprint density at radius 3 is 2.54 bits per heavy atom. The largest absolute Gasteiger partial charge is 0.365 e. The third-order valence-corrected chi connectivity index (χ3v) is 6.09. The highest BCUT2D eigenvalue weighted by Crippen LogP contribution is 2.48. The summed E-state index contributed by atoms with van der Waals surface area (Å²) in [6, 6.07) is 0. The summed E-state index contributed by atoms with van der Waals surface area (Å²) >= 11 is 1.35. The number of ether oxygens (including phenoxy) is 1. The highest BCUT2D eigenvalue weighted by atomic mass is 32.1. The molecule has 7 nitrogen and oxygen atoms in total. The van der Waals surface area contributed by atoms with Gasteiger partial charge in [0.1, 0.15) is 5.00 Å². The summed E-state index contributed by atoms with van der Waals surface area (Å²) in [7, 11) is 1.77. The van der Waals surface area contributed by atoms with Gasteiger partial charge in [-0.05, 0) is 40.2 Å². The van der Waals surface area contributed by atoms with Crippen molar-refractivity contribution in [3.63, 3.8) is 0 Å². The molecule has 0 spiro atoms. The Kier molecular flexibility index (Phi) is 4.23. The van der Waals surface area contributed by atoms with Crippen LogP contribution in [0, 0.1) is 6.92 Å². The number of nitrogens with one attached hydrogen (secondary N) is 1. The minimum atomic E-state index is -0.570. The maximum Gasteiger partial charge on any atom is 0.259 e. The molecule has 0 unspecified atom stereocenters. The Morgan fingerprint density at radius 2 is 2.00 bits per heavy atom. The Labute approximate surface area is 156 Å². The fourth-order valence-corrected chi connectivity index (χ4v) is 4.82. The molecule has 1 aliphatic heterocycles. The predicted molar refractivity (Wildman–Crippen MR) is 101 cm³/mol. The predicted octanol–water partition coefficient (Wildman–Crippen LogP) is 2.73. The molecule has 0 bridgehead atoms. The van der Waals surface area contributed by atoms with Gasteiger partial charge in [-0.3, -0.25) is 14.3 Å². The van der Waals surface area contributed by atoms with Crippen molar-refractivity contribution < 1.29 is 14.3 Å². The van der Waals surface area contributed by atoms with Crippen molar-refractivity contribution in [3.05, 3.63) is 33.5 Å². The zero-order chi connectivity index (χ0) is 19.4. The number of nitrogens with two attached hydrogens (primary N) is 1. The molecule has 3 heterocycles. The molecule has 1 aliphatic rings. The number of carbonyl (C=O) groups excluding carboxylic acids is 2. The number of fused-ring (bicyclic) bond motifs is 1. The van der Waals surface area contributed by atoms with Gasteiger partial charge in [-0.1, -0.05) is 0 Å². The first-order valence-corrected chi connectivity index (χ1v) is 9.20. The van der Waals surface area contributed by atoms with Crippen LogP contribution in [-0.2, 0) is 23.8 Å². The molecule has 0 saturated heterocycles. The number of anilines is 1. The van der Waals surface area contributed by atoms with Gasteiger partial charge in [0.15, 0.2) is 0 Å². The summed E-state index contributed by atoms with van der Waals surface area (Å²) < 4.78 is 7.81. The van der Waals surface area contributed by atoms with Gasteiger partial charge in [0.25, 0.3) is 11.8 Å². The monoisotopic (exact) mass is 376 g/mol. The number of hydrogen-bond donors (Lipinski definition) is 2. The van der Waals surface area contributed by atoms with E-state index < -0.39 is 17.1 Å². The summed E-state index contributed by atoms with van der Waals surface area (Å²) in [4.78, 5) is 25.8. The first-order chi connectivity index (χ1) is 11.9. The van der Waals surface area contributed by atoms with Crippen molar-refractivity contribution in [2.45, 2.75) is 52.2 Å². The molecule has 0 radical (unpaired) electrons. The van der Waals surface area contributed by atoms with Gasteiger partial charge in [0.2, 0.25) is 0 Å². The van der Waals surface area contributed by atoms with E-state index in [1.807, 2.05) is 34.6 Å². The van der Waals surface area contributed by atoms with Crippen molar-refractivity contribution in [3.8, 4) is 0 Å². The zero-order valence-electron chi connectivity index (χ0n) is 15.9. The van der Waals surface area contributed by atoms with E-state index in [4.69, 9.17) is 10.5 Å². The number of primary amides is 1.